The lowest BCUT2D eigenvalue weighted by molar-refractivity contribution is 0.696. The standard InChI is InChI=1S/C14H11BCl2.C11H12N2/c15-9-12(10-5-1-3-7-13(10)16)11-6-2-4-8-14(11)17;1-2-4-11(5-3-1)6-8-13-9-7-12-10-13/h1-9H,15H2;1-5,7,9-10H,6,8H2. The molecule has 150 valence electrons. The fourth-order valence-corrected chi connectivity index (χ4v) is 3.61. The van der Waals surface area contributed by atoms with Crippen LogP contribution in [0.4, 0.5) is 0 Å². The predicted molar refractivity (Wildman–Crippen MR) is 131 cm³/mol. The molecule has 0 spiro atoms. The highest BCUT2D eigenvalue weighted by atomic mass is 35.5. The molecule has 0 saturated carbocycles. The van der Waals surface area contributed by atoms with E-state index in [1.807, 2.05) is 87.1 Å². The van der Waals surface area contributed by atoms with E-state index in [1.54, 1.807) is 0 Å². The second-order valence-corrected chi connectivity index (χ2v) is 7.51. The van der Waals surface area contributed by atoms with Crippen LogP contribution in [0.5, 0.6) is 0 Å². The van der Waals surface area contributed by atoms with Crippen LogP contribution in [0.3, 0.4) is 0 Å². The first-order valence-corrected chi connectivity index (χ1v) is 10.6. The summed E-state index contributed by atoms with van der Waals surface area (Å²) in [5.41, 5.74) is 4.44. The van der Waals surface area contributed by atoms with E-state index in [1.165, 1.54) is 5.56 Å². The van der Waals surface area contributed by atoms with Crippen molar-refractivity contribution >= 4 is 36.6 Å². The van der Waals surface area contributed by atoms with Crippen LogP contribution in [0.15, 0.2) is 104 Å². The van der Waals surface area contributed by atoms with Crippen molar-refractivity contribution in [3.63, 3.8) is 0 Å². The fourth-order valence-electron chi connectivity index (χ4n) is 3.14. The minimum atomic E-state index is 0.737. The lowest BCUT2D eigenvalue weighted by Gasteiger charge is -2.11. The van der Waals surface area contributed by atoms with Crippen LogP contribution >= 0.6 is 23.2 Å². The van der Waals surface area contributed by atoms with Gasteiger partial charge in [0.05, 0.1) is 6.33 Å². The Morgan fingerprint density at radius 2 is 1.40 bits per heavy atom. The average molecular weight is 433 g/mol. The summed E-state index contributed by atoms with van der Waals surface area (Å²) < 4.78 is 2.09. The van der Waals surface area contributed by atoms with Crippen molar-refractivity contribution in [3.05, 3.63) is 130 Å². The average Bonchev–Trinajstić information content (AvgIpc) is 3.30. The number of benzene rings is 3. The molecule has 0 saturated heterocycles. The molecule has 3 aromatic carbocycles. The summed E-state index contributed by atoms with van der Waals surface area (Å²) in [7, 11) is 1.99. The molecule has 1 heterocycles. The molecule has 0 N–H and O–H groups in total. The van der Waals surface area contributed by atoms with E-state index in [2.05, 4.69) is 33.8 Å². The van der Waals surface area contributed by atoms with Gasteiger partial charge in [-0.3, -0.25) is 0 Å². The number of aryl methyl sites for hydroxylation is 2. The lowest BCUT2D eigenvalue weighted by Crippen LogP contribution is -1.97. The van der Waals surface area contributed by atoms with Crippen molar-refractivity contribution in [2.24, 2.45) is 0 Å². The van der Waals surface area contributed by atoms with E-state index in [9.17, 15) is 0 Å². The van der Waals surface area contributed by atoms with Gasteiger partial charge in [0.15, 0.2) is 0 Å². The zero-order valence-corrected chi connectivity index (χ0v) is 18.4. The van der Waals surface area contributed by atoms with Gasteiger partial charge in [0.2, 0.25) is 0 Å². The van der Waals surface area contributed by atoms with E-state index in [0.29, 0.717) is 0 Å². The fraction of sp³-hybridized carbons (Fsp3) is 0.0800. The molecule has 0 fully saturated rings. The molecule has 30 heavy (non-hydrogen) atoms. The topological polar surface area (TPSA) is 17.8 Å². The van der Waals surface area contributed by atoms with Crippen molar-refractivity contribution in [1.82, 2.24) is 9.55 Å². The second kappa shape index (κ2) is 11.4. The molecule has 2 nitrogen and oxygen atoms in total. The molecule has 5 heteroatoms. The minimum absolute atomic E-state index is 0.737. The van der Waals surface area contributed by atoms with Gasteiger partial charge in [-0.15, -0.1) is 5.98 Å². The quantitative estimate of drug-likeness (QED) is 0.346. The van der Waals surface area contributed by atoms with Crippen molar-refractivity contribution in [3.8, 4) is 0 Å². The second-order valence-electron chi connectivity index (χ2n) is 6.70. The van der Waals surface area contributed by atoms with E-state index in [4.69, 9.17) is 23.2 Å². The summed E-state index contributed by atoms with van der Waals surface area (Å²) in [6.07, 6.45) is 6.72. The zero-order valence-electron chi connectivity index (χ0n) is 16.9. The highest BCUT2D eigenvalue weighted by Gasteiger charge is 2.09. The van der Waals surface area contributed by atoms with Gasteiger partial charge in [-0.1, -0.05) is 89.9 Å². The maximum atomic E-state index is 6.22. The van der Waals surface area contributed by atoms with Crippen LogP contribution in [0.2, 0.25) is 10.0 Å². The summed E-state index contributed by atoms with van der Waals surface area (Å²) in [5, 5.41) is 1.47. The van der Waals surface area contributed by atoms with Gasteiger partial charge in [-0.25, -0.2) is 4.98 Å². The molecule has 0 atom stereocenters. The predicted octanol–water partition coefficient (Wildman–Crippen LogP) is 6.14. The van der Waals surface area contributed by atoms with Crippen molar-refractivity contribution in [2.45, 2.75) is 13.0 Å². The smallest absolute Gasteiger partial charge is 0.130 e. The molecule has 0 aliphatic carbocycles. The van der Waals surface area contributed by atoms with Gasteiger partial charge in [-0.2, -0.15) is 0 Å². The Hall–Kier alpha value is -2.75. The molecule has 0 radical (unpaired) electrons. The number of hydrogen-bond donors (Lipinski definition) is 0. The zero-order chi connectivity index (χ0) is 21.2. The third kappa shape index (κ3) is 6.12. The summed E-state index contributed by atoms with van der Waals surface area (Å²) >= 11 is 12.4. The normalized spacial score (nSPS) is 10.1. The summed E-state index contributed by atoms with van der Waals surface area (Å²) in [6.45, 7) is 1.00. The monoisotopic (exact) mass is 432 g/mol. The van der Waals surface area contributed by atoms with Crippen LogP contribution in [-0.4, -0.2) is 17.4 Å². The van der Waals surface area contributed by atoms with Crippen LogP contribution in [0.25, 0.3) is 5.57 Å². The van der Waals surface area contributed by atoms with Gasteiger partial charge in [-0.05, 0) is 40.8 Å². The number of imidazole rings is 1. The van der Waals surface area contributed by atoms with Crippen molar-refractivity contribution in [2.75, 3.05) is 0 Å². The van der Waals surface area contributed by atoms with Gasteiger partial charge < -0.3 is 4.57 Å². The summed E-state index contributed by atoms with van der Waals surface area (Å²) in [6, 6.07) is 26.1. The molecular weight excluding hydrogens is 410 g/mol. The number of aromatic nitrogens is 2. The Bertz CT molecular complexity index is 1030. The Morgan fingerprint density at radius 3 is 1.90 bits per heavy atom. The molecule has 4 aromatic rings. The largest absolute Gasteiger partial charge is 0.337 e. The first-order chi connectivity index (χ1) is 14.7. The molecule has 4 rings (SSSR count). The molecule has 0 bridgehead atoms. The van der Waals surface area contributed by atoms with Crippen LogP contribution in [0, 0.1) is 0 Å². The Balaban J connectivity index is 0.000000177. The third-order valence-corrected chi connectivity index (χ3v) is 5.34. The highest BCUT2D eigenvalue weighted by Crippen LogP contribution is 2.32. The maximum absolute atomic E-state index is 6.22. The molecule has 0 amide bonds. The van der Waals surface area contributed by atoms with Gasteiger partial charge >= 0.3 is 0 Å². The van der Waals surface area contributed by atoms with Crippen LogP contribution in [0.1, 0.15) is 16.7 Å². The Kier molecular flexibility index (Phi) is 8.37. The lowest BCUT2D eigenvalue weighted by atomic mass is 9.92. The van der Waals surface area contributed by atoms with Crippen LogP contribution < -0.4 is 0 Å². The SMILES string of the molecule is BC=C(c1ccccc1Cl)c1ccccc1Cl.c1ccc(CCn2ccnc2)cc1. The third-order valence-electron chi connectivity index (χ3n) is 4.68. The van der Waals surface area contributed by atoms with Gasteiger partial charge in [0.25, 0.3) is 0 Å². The Morgan fingerprint density at radius 1 is 0.833 bits per heavy atom. The number of halogens is 2. The number of nitrogens with zero attached hydrogens (tertiary/aromatic N) is 2. The summed E-state index contributed by atoms with van der Waals surface area (Å²) in [5.74, 6) is 2.03. The van der Waals surface area contributed by atoms with Crippen molar-refractivity contribution < 1.29 is 0 Å². The van der Waals surface area contributed by atoms with Crippen molar-refractivity contribution in [1.29, 1.82) is 0 Å². The van der Waals surface area contributed by atoms with Crippen LogP contribution in [-0.2, 0) is 13.0 Å². The molecule has 0 aliphatic heterocycles. The van der Waals surface area contributed by atoms with E-state index in [0.717, 1.165) is 39.7 Å². The van der Waals surface area contributed by atoms with E-state index >= 15 is 0 Å². The summed E-state index contributed by atoms with van der Waals surface area (Å²) in [4.78, 5) is 4.00. The molecular formula is C25H23BCl2N2. The highest BCUT2D eigenvalue weighted by molar-refractivity contribution is 6.35. The number of rotatable bonds is 5. The first-order valence-electron chi connectivity index (χ1n) is 9.85. The number of hydrogen-bond acceptors (Lipinski definition) is 1. The van der Waals surface area contributed by atoms with Gasteiger partial charge in [0.1, 0.15) is 7.85 Å². The van der Waals surface area contributed by atoms with E-state index in [-0.39, 0.29) is 0 Å². The molecule has 0 unspecified atom stereocenters. The minimum Gasteiger partial charge on any atom is -0.337 e. The Labute approximate surface area is 189 Å². The molecule has 0 aliphatic rings. The van der Waals surface area contributed by atoms with Gasteiger partial charge in [0, 0.05) is 29.0 Å². The maximum Gasteiger partial charge on any atom is 0.130 e. The molecule has 1 aromatic heterocycles. The first kappa shape index (κ1) is 22.0. The van der Waals surface area contributed by atoms with E-state index < -0.39 is 0 Å².